The maximum absolute atomic E-state index is 12.4. The third-order valence-electron chi connectivity index (χ3n) is 3.54. The Morgan fingerprint density at radius 3 is 2.73 bits per heavy atom. The number of hydrazine groups is 1. The molecule has 0 aliphatic heterocycles. The minimum Gasteiger partial charge on any atom is -0.359 e. The van der Waals surface area contributed by atoms with Crippen molar-refractivity contribution in [2.24, 2.45) is 0 Å². The minimum absolute atomic E-state index is 0.221. The molecular weight excluding hydrogens is 296 g/mol. The smallest absolute Gasteiger partial charge is 0.270 e. The van der Waals surface area contributed by atoms with Crippen LogP contribution in [0, 0.1) is 13.8 Å². The number of rotatable bonds is 2. The summed E-state index contributed by atoms with van der Waals surface area (Å²) in [7, 11) is 0. The van der Waals surface area contributed by atoms with Crippen LogP contribution in [-0.4, -0.2) is 22.0 Å². The maximum Gasteiger partial charge on any atom is 0.270 e. The molecule has 0 radical (unpaired) electrons. The van der Waals surface area contributed by atoms with E-state index in [1.54, 1.807) is 6.07 Å². The summed E-state index contributed by atoms with van der Waals surface area (Å²) in [6.07, 6.45) is 2.26. The second kappa shape index (κ2) is 5.88. The number of aryl methyl sites for hydroxylation is 2. The van der Waals surface area contributed by atoms with Gasteiger partial charge in [-0.2, -0.15) is 0 Å². The SMILES string of the molecule is Cc1ccc2nc(C)cc(C(=O)NNC(=S)NC3CC3)c2c1. The molecule has 3 N–H and O–H groups in total. The first-order valence-corrected chi connectivity index (χ1v) is 7.68. The van der Waals surface area contributed by atoms with Crippen LogP contribution in [0.25, 0.3) is 10.9 Å². The Morgan fingerprint density at radius 2 is 2.00 bits per heavy atom. The molecule has 2 aromatic rings. The van der Waals surface area contributed by atoms with E-state index < -0.39 is 0 Å². The zero-order chi connectivity index (χ0) is 15.7. The normalized spacial score (nSPS) is 13.7. The predicted octanol–water partition coefficient (Wildman–Crippen LogP) is 2.12. The summed E-state index contributed by atoms with van der Waals surface area (Å²) in [5.41, 5.74) is 8.70. The van der Waals surface area contributed by atoms with Gasteiger partial charge in [0.15, 0.2) is 5.11 Å². The zero-order valence-corrected chi connectivity index (χ0v) is 13.4. The Bertz CT molecular complexity index is 755. The van der Waals surface area contributed by atoms with Crippen LogP contribution in [0.3, 0.4) is 0 Å². The predicted molar refractivity (Wildman–Crippen MR) is 90.6 cm³/mol. The van der Waals surface area contributed by atoms with Gasteiger partial charge < -0.3 is 5.32 Å². The molecular formula is C16H18N4OS. The van der Waals surface area contributed by atoms with Crippen LogP contribution in [0.1, 0.15) is 34.5 Å². The molecule has 1 aromatic carbocycles. The van der Waals surface area contributed by atoms with Gasteiger partial charge in [-0.3, -0.25) is 20.6 Å². The lowest BCUT2D eigenvalue weighted by Gasteiger charge is -2.12. The van der Waals surface area contributed by atoms with E-state index >= 15 is 0 Å². The molecule has 1 amide bonds. The third-order valence-corrected chi connectivity index (χ3v) is 3.76. The Balaban J connectivity index is 1.80. The molecule has 1 fully saturated rings. The summed E-state index contributed by atoms with van der Waals surface area (Å²) in [6, 6.07) is 8.13. The Morgan fingerprint density at radius 1 is 1.23 bits per heavy atom. The molecule has 1 aromatic heterocycles. The number of carbonyl (C=O) groups excluding carboxylic acids is 1. The van der Waals surface area contributed by atoms with Gasteiger partial charge in [-0.1, -0.05) is 11.6 Å². The van der Waals surface area contributed by atoms with E-state index in [4.69, 9.17) is 12.2 Å². The average molecular weight is 314 g/mol. The number of thiocarbonyl (C=S) groups is 1. The van der Waals surface area contributed by atoms with Gasteiger partial charge in [-0.05, 0) is 57.1 Å². The van der Waals surface area contributed by atoms with Crippen LogP contribution in [0.5, 0.6) is 0 Å². The highest BCUT2D eigenvalue weighted by Gasteiger charge is 2.22. The van der Waals surface area contributed by atoms with Crippen molar-refractivity contribution in [3.63, 3.8) is 0 Å². The van der Waals surface area contributed by atoms with Crippen LogP contribution in [-0.2, 0) is 0 Å². The van der Waals surface area contributed by atoms with E-state index in [0.717, 1.165) is 35.0 Å². The quantitative estimate of drug-likeness (QED) is 0.585. The molecule has 1 saturated carbocycles. The van der Waals surface area contributed by atoms with Crippen LogP contribution in [0.4, 0.5) is 0 Å². The number of hydrogen-bond donors (Lipinski definition) is 3. The summed E-state index contributed by atoms with van der Waals surface area (Å²) in [5.74, 6) is -0.221. The fraction of sp³-hybridized carbons (Fsp3) is 0.312. The first-order chi connectivity index (χ1) is 10.5. The van der Waals surface area contributed by atoms with Gasteiger partial charge in [-0.15, -0.1) is 0 Å². The summed E-state index contributed by atoms with van der Waals surface area (Å²) in [5, 5.41) is 4.40. The molecule has 114 valence electrons. The van der Waals surface area contributed by atoms with E-state index in [-0.39, 0.29) is 5.91 Å². The summed E-state index contributed by atoms with van der Waals surface area (Å²) < 4.78 is 0. The summed E-state index contributed by atoms with van der Waals surface area (Å²) in [4.78, 5) is 16.9. The largest absolute Gasteiger partial charge is 0.359 e. The first kappa shape index (κ1) is 14.7. The second-order valence-corrected chi connectivity index (χ2v) is 6.07. The number of nitrogens with one attached hydrogen (secondary N) is 3. The highest BCUT2D eigenvalue weighted by atomic mass is 32.1. The van der Waals surface area contributed by atoms with Crippen molar-refractivity contribution >= 4 is 34.1 Å². The van der Waals surface area contributed by atoms with Crippen molar-refractivity contribution in [2.75, 3.05) is 0 Å². The first-order valence-electron chi connectivity index (χ1n) is 7.28. The van der Waals surface area contributed by atoms with Crippen molar-refractivity contribution in [1.29, 1.82) is 0 Å². The summed E-state index contributed by atoms with van der Waals surface area (Å²) >= 11 is 5.13. The van der Waals surface area contributed by atoms with Crippen LogP contribution in [0.2, 0.25) is 0 Å². The van der Waals surface area contributed by atoms with Crippen molar-refractivity contribution in [2.45, 2.75) is 32.7 Å². The highest BCUT2D eigenvalue weighted by molar-refractivity contribution is 7.80. The molecule has 1 heterocycles. The van der Waals surface area contributed by atoms with E-state index in [0.29, 0.717) is 16.7 Å². The molecule has 0 unspecified atom stereocenters. The van der Waals surface area contributed by atoms with Crippen molar-refractivity contribution < 1.29 is 4.79 Å². The Labute approximate surface area is 134 Å². The fourth-order valence-electron chi connectivity index (χ4n) is 2.29. The van der Waals surface area contributed by atoms with Crippen molar-refractivity contribution in [3.05, 3.63) is 41.1 Å². The number of benzene rings is 1. The lowest BCUT2D eigenvalue weighted by molar-refractivity contribution is 0.0945. The van der Waals surface area contributed by atoms with E-state index in [2.05, 4.69) is 21.2 Å². The molecule has 0 bridgehead atoms. The second-order valence-electron chi connectivity index (χ2n) is 5.66. The fourth-order valence-corrected chi connectivity index (χ4v) is 2.51. The Kier molecular flexibility index (Phi) is 3.94. The maximum atomic E-state index is 12.4. The van der Waals surface area contributed by atoms with E-state index in [9.17, 15) is 4.79 Å². The number of pyridine rings is 1. The van der Waals surface area contributed by atoms with Gasteiger partial charge in [0, 0.05) is 17.1 Å². The van der Waals surface area contributed by atoms with Crippen LogP contribution in [0.15, 0.2) is 24.3 Å². The third kappa shape index (κ3) is 3.33. The van der Waals surface area contributed by atoms with Gasteiger partial charge in [0.25, 0.3) is 5.91 Å². The molecule has 0 saturated heterocycles. The van der Waals surface area contributed by atoms with Gasteiger partial charge in [-0.25, -0.2) is 0 Å². The molecule has 1 aliphatic carbocycles. The van der Waals surface area contributed by atoms with Gasteiger partial charge >= 0.3 is 0 Å². The summed E-state index contributed by atoms with van der Waals surface area (Å²) in [6.45, 7) is 3.87. The van der Waals surface area contributed by atoms with Crippen LogP contribution < -0.4 is 16.2 Å². The number of amides is 1. The lowest BCUT2D eigenvalue weighted by Crippen LogP contribution is -2.47. The standard InChI is InChI=1S/C16H18N4OS/c1-9-3-6-14-12(7-9)13(8-10(2)17-14)15(21)19-20-16(22)18-11-4-5-11/h3,6-8,11H,4-5H2,1-2H3,(H,19,21)(H2,18,20,22). The molecule has 0 atom stereocenters. The monoisotopic (exact) mass is 314 g/mol. The van der Waals surface area contributed by atoms with E-state index in [1.165, 1.54) is 0 Å². The van der Waals surface area contributed by atoms with Crippen molar-refractivity contribution in [3.8, 4) is 0 Å². The molecule has 22 heavy (non-hydrogen) atoms. The topological polar surface area (TPSA) is 66.0 Å². The number of carbonyl (C=O) groups is 1. The average Bonchev–Trinajstić information content (AvgIpc) is 3.28. The number of hydrogen-bond acceptors (Lipinski definition) is 3. The minimum atomic E-state index is -0.221. The molecule has 3 rings (SSSR count). The van der Waals surface area contributed by atoms with Gasteiger partial charge in [0.1, 0.15) is 0 Å². The molecule has 1 aliphatic rings. The lowest BCUT2D eigenvalue weighted by atomic mass is 10.0. The van der Waals surface area contributed by atoms with Gasteiger partial charge in [0.05, 0.1) is 11.1 Å². The number of aromatic nitrogens is 1. The van der Waals surface area contributed by atoms with Crippen LogP contribution >= 0.6 is 12.2 Å². The Hall–Kier alpha value is -2.21. The molecule has 6 heteroatoms. The number of fused-ring (bicyclic) bond motifs is 1. The molecule has 0 spiro atoms. The number of nitrogens with zero attached hydrogens (tertiary/aromatic N) is 1. The van der Waals surface area contributed by atoms with E-state index in [1.807, 2.05) is 32.0 Å². The molecule has 5 nitrogen and oxygen atoms in total. The van der Waals surface area contributed by atoms with Crippen molar-refractivity contribution in [1.82, 2.24) is 21.2 Å². The van der Waals surface area contributed by atoms with Gasteiger partial charge in [0.2, 0.25) is 0 Å². The zero-order valence-electron chi connectivity index (χ0n) is 12.6. The highest BCUT2D eigenvalue weighted by Crippen LogP contribution is 2.20.